The third-order valence-electron chi connectivity index (χ3n) is 4.04. The Bertz CT molecular complexity index is 1040. The lowest BCUT2D eigenvalue weighted by atomic mass is 10.1. The average Bonchev–Trinajstić information content (AvgIpc) is 3.10. The van der Waals surface area contributed by atoms with Gasteiger partial charge in [0.25, 0.3) is 5.91 Å². The standard InChI is InChI=1S/C20H18BrNO4S/c1-14(17-9-5-6-10-18(17)21)22-20(23)19-12-11-15(26-19)13-27(24,25)16-7-3-2-4-8-16/h2-12,14H,13H2,1H3,(H,22,23). The summed E-state index contributed by atoms with van der Waals surface area (Å²) in [7, 11) is -3.53. The van der Waals surface area contributed by atoms with Gasteiger partial charge in [0.05, 0.1) is 10.9 Å². The van der Waals surface area contributed by atoms with Crippen LogP contribution in [-0.2, 0) is 15.6 Å². The molecule has 0 fully saturated rings. The summed E-state index contributed by atoms with van der Waals surface area (Å²) in [6.07, 6.45) is 0. The molecule has 1 unspecified atom stereocenters. The first-order chi connectivity index (χ1) is 12.9. The van der Waals surface area contributed by atoms with E-state index in [4.69, 9.17) is 4.42 Å². The molecule has 7 heteroatoms. The van der Waals surface area contributed by atoms with Crippen LogP contribution >= 0.6 is 15.9 Å². The summed E-state index contributed by atoms with van der Waals surface area (Å²) in [5.41, 5.74) is 0.935. The van der Waals surface area contributed by atoms with Gasteiger partial charge in [-0.3, -0.25) is 4.79 Å². The van der Waals surface area contributed by atoms with Crippen molar-refractivity contribution in [2.75, 3.05) is 0 Å². The van der Waals surface area contributed by atoms with E-state index in [1.54, 1.807) is 18.2 Å². The van der Waals surface area contributed by atoms with E-state index in [2.05, 4.69) is 21.2 Å². The molecule has 0 saturated heterocycles. The molecule has 1 aromatic heterocycles. The summed E-state index contributed by atoms with van der Waals surface area (Å²) < 4.78 is 31.2. The zero-order valence-corrected chi connectivity index (χ0v) is 17.0. The van der Waals surface area contributed by atoms with Gasteiger partial charge in [0.15, 0.2) is 15.6 Å². The van der Waals surface area contributed by atoms with E-state index in [1.165, 1.54) is 24.3 Å². The monoisotopic (exact) mass is 447 g/mol. The summed E-state index contributed by atoms with van der Waals surface area (Å²) >= 11 is 3.46. The van der Waals surface area contributed by atoms with Crippen molar-refractivity contribution in [2.45, 2.75) is 23.6 Å². The Labute approximate surface area is 166 Å². The van der Waals surface area contributed by atoms with E-state index < -0.39 is 15.7 Å². The molecule has 0 bridgehead atoms. The molecule has 140 valence electrons. The van der Waals surface area contributed by atoms with Crippen molar-refractivity contribution in [3.8, 4) is 0 Å². The second-order valence-electron chi connectivity index (χ2n) is 6.05. The fourth-order valence-corrected chi connectivity index (χ4v) is 4.54. The van der Waals surface area contributed by atoms with Gasteiger partial charge in [-0.15, -0.1) is 0 Å². The number of sulfone groups is 1. The molecule has 0 saturated carbocycles. The first-order valence-electron chi connectivity index (χ1n) is 8.28. The molecular weight excluding hydrogens is 430 g/mol. The smallest absolute Gasteiger partial charge is 0.287 e. The minimum absolute atomic E-state index is 0.0761. The lowest BCUT2D eigenvalue weighted by molar-refractivity contribution is 0.0910. The van der Waals surface area contributed by atoms with Crippen LogP contribution in [0.2, 0.25) is 0 Å². The van der Waals surface area contributed by atoms with E-state index >= 15 is 0 Å². The van der Waals surface area contributed by atoms with Gasteiger partial charge in [-0.05, 0) is 42.8 Å². The molecule has 3 aromatic rings. The van der Waals surface area contributed by atoms with Crippen molar-refractivity contribution >= 4 is 31.7 Å². The molecule has 0 radical (unpaired) electrons. The van der Waals surface area contributed by atoms with Crippen LogP contribution < -0.4 is 5.32 Å². The van der Waals surface area contributed by atoms with Crippen molar-refractivity contribution in [2.24, 2.45) is 0 Å². The zero-order valence-electron chi connectivity index (χ0n) is 14.6. The quantitative estimate of drug-likeness (QED) is 0.602. The Morgan fingerprint density at radius 1 is 1.04 bits per heavy atom. The minimum atomic E-state index is -3.53. The predicted molar refractivity (Wildman–Crippen MR) is 106 cm³/mol. The van der Waals surface area contributed by atoms with Crippen molar-refractivity contribution in [1.82, 2.24) is 5.32 Å². The fraction of sp³-hybridized carbons (Fsp3) is 0.150. The van der Waals surface area contributed by atoms with E-state index in [0.29, 0.717) is 0 Å². The number of benzene rings is 2. The van der Waals surface area contributed by atoms with Gasteiger partial charge in [0, 0.05) is 4.47 Å². The van der Waals surface area contributed by atoms with E-state index in [0.717, 1.165) is 10.0 Å². The number of carbonyl (C=O) groups is 1. The molecule has 0 aliphatic rings. The van der Waals surface area contributed by atoms with Gasteiger partial charge in [0.1, 0.15) is 11.5 Å². The number of hydrogen-bond acceptors (Lipinski definition) is 4. The number of furan rings is 1. The average molecular weight is 448 g/mol. The van der Waals surface area contributed by atoms with Crippen LogP contribution in [0.3, 0.4) is 0 Å². The Hall–Kier alpha value is -2.38. The van der Waals surface area contributed by atoms with Crippen LogP contribution in [0.25, 0.3) is 0 Å². The molecule has 5 nitrogen and oxygen atoms in total. The van der Waals surface area contributed by atoms with Crippen LogP contribution in [0.4, 0.5) is 0 Å². The van der Waals surface area contributed by atoms with E-state index in [9.17, 15) is 13.2 Å². The lowest BCUT2D eigenvalue weighted by Crippen LogP contribution is -2.26. The molecule has 2 aromatic carbocycles. The zero-order chi connectivity index (χ0) is 19.4. The van der Waals surface area contributed by atoms with Gasteiger partial charge in [-0.25, -0.2) is 8.42 Å². The SMILES string of the molecule is CC(NC(=O)c1ccc(CS(=O)(=O)c2ccccc2)o1)c1ccccc1Br. The number of carbonyl (C=O) groups excluding carboxylic acids is 1. The Morgan fingerprint density at radius 3 is 2.41 bits per heavy atom. The normalized spacial score (nSPS) is 12.5. The molecule has 0 spiro atoms. The molecule has 1 atom stereocenters. The van der Waals surface area contributed by atoms with Crippen molar-refractivity contribution in [1.29, 1.82) is 0 Å². The van der Waals surface area contributed by atoms with Crippen molar-refractivity contribution < 1.29 is 17.6 Å². The molecule has 1 heterocycles. The molecule has 0 aliphatic heterocycles. The van der Waals surface area contributed by atoms with Crippen LogP contribution in [0.5, 0.6) is 0 Å². The Morgan fingerprint density at radius 2 is 1.70 bits per heavy atom. The van der Waals surface area contributed by atoms with Gasteiger partial charge >= 0.3 is 0 Å². The van der Waals surface area contributed by atoms with Gasteiger partial charge in [-0.2, -0.15) is 0 Å². The second-order valence-corrected chi connectivity index (χ2v) is 8.90. The van der Waals surface area contributed by atoms with Gasteiger partial charge < -0.3 is 9.73 Å². The fourth-order valence-electron chi connectivity index (χ4n) is 2.65. The maximum Gasteiger partial charge on any atom is 0.287 e. The highest BCUT2D eigenvalue weighted by Crippen LogP contribution is 2.23. The molecule has 1 N–H and O–H groups in total. The largest absolute Gasteiger partial charge is 0.455 e. The number of amides is 1. The Balaban J connectivity index is 1.70. The molecule has 1 amide bonds. The maximum atomic E-state index is 12.4. The molecular formula is C20H18BrNO4S. The highest BCUT2D eigenvalue weighted by atomic mass is 79.9. The minimum Gasteiger partial charge on any atom is -0.455 e. The summed E-state index contributed by atoms with van der Waals surface area (Å²) in [5, 5.41) is 2.85. The van der Waals surface area contributed by atoms with Crippen LogP contribution in [0.1, 0.15) is 34.8 Å². The van der Waals surface area contributed by atoms with Crippen molar-refractivity contribution in [3.05, 3.63) is 88.3 Å². The summed E-state index contributed by atoms with van der Waals surface area (Å²) in [5.74, 6) is -0.407. The van der Waals surface area contributed by atoms with Crippen LogP contribution in [-0.4, -0.2) is 14.3 Å². The highest BCUT2D eigenvalue weighted by Gasteiger charge is 2.20. The van der Waals surface area contributed by atoms with E-state index in [-0.39, 0.29) is 28.2 Å². The third kappa shape index (κ3) is 4.67. The number of rotatable bonds is 6. The van der Waals surface area contributed by atoms with Gasteiger partial charge in [-0.1, -0.05) is 52.3 Å². The number of nitrogens with one attached hydrogen (secondary N) is 1. The number of hydrogen-bond donors (Lipinski definition) is 1. The highest BCUT2D eigenvalue weighted by molar-refractivity contribution is 9.10. The topological polar surface area (TPSA) is 76.4 Å². The first kappa shape index (κ1) is 19.4. The number of halogens is 1. The van der Waals surface area contributed by atoms with Crippen LogP contribution in [0, 0.1) is 0 Å². The first-order valence-corrected chi connectivity index (χ1v) is 10.7. The third-order valence-corrected chi connectivity index (χ3v) is 6.42. The van der Waals surface area contributed by atoms with Gasteiger partial charge in [0.2, 0.25) is 0 Å². The summed E-state index contributed by atoms with van der Waals surface area (Å²) in [6, 6.07) is 18.5. The summed E-state index contributed by atoms with van der Waals surface area (Å²) in [4.78, 5) is 12.6. The second kappa shape index (κ2) is 8.10. The van der Waals surface area contributed by atoms with Crippen molar-refractivity contribution in [3.63, 3.8) is 0 Å². The summed E-state index contributed by atoms with van der Waals surface area (Å²) in [6.45, 7) is 1.86. The molecule has 3 rings (SSSR count). The predicted octanol–water partition coefficient (Wildman–Crippen LogP) is 4.51. The maximum absolute atomic E-state index is 12.4. The Kier molecular flexibility index (Phi) is 5.82. The van der Waals surface area contributed by atoms with E-state index in [1.807, 2.05) is 31.2 Å². The lowest BCUT2D eigenvalue weighted by Gasteiger charge is -2.14. The van der Waals surface area contributed by atoms with Crippen LogP contribution in [0.15, 0.2) is 80.5 Å². The molecule has 27 heavy (non-hydrogen) atoms. The molecule has 0 aliphatic carbocycles.